The molecule has 0 bridgehead atoms. The molecule has 2 aromatic carbocycles. The predicted octanol–water partition coefficient (Wildman–Crippen LogP) is 4.57. The Morgan fingerprint density at radius 1 is 0.931 bits per heavy atom. The van der Waals surface area contributed by atoms with E-state index in [2.05, 4.69) is 36.8 Å². The Bertz CT molecular complexity index is 1290. The zero-order chi connectivity index (χ0) is 19.6. The van der Waals surface area contributed by atoms with Crippen molar-refractivity contribution in [2.45, 2.75) is 6.54 Å². The third-order valence-corrected chi connectivity index (χ3v) is 4.97. The highest BCUT2D eigenvalue weighted by Gasteiger charge is 2.12. The van der Waals surface area contributed by atoms with E-state index >= 15 is 0 Å². The van der Waals surface area contributed by atoms with Crippen molar-refractivity contribution in [3.63, 3.8) is 0 Å². The van der Waals surface area contributed by atoms with Crippen LogP contribution in [0.5, 0.6) is 5.75 Å². The summed E-state index contributed by atoms with van der Waals surface area (Å²) >= 11 is 0. The van der Waals surface area contributed by atoms with Gasteiger partial charge in [0.15, 0.2) is 11.5 Å². The van der Waals surface area contributed by atoms with Crippen LogP contribution < -0.4 is 10.1 Å². The first-order valence-electron chi connectivity index (χ1n) is 9.36. The van der Waals surface area contributed by atoms with Crippen molar-refractivity contribution < 1.29 is 4.74 Å². The Morgan fingerprint density at radius 2 is 1.83 bits per heavy atom. The molecule has 0 spiro atoms. The van der Waals surface area contributed by atoms with Gasteiger partial charge in [0, 0.05) is 36.1 Å². The number of pyridine rings is 1. The zero-order valence-electron chi connectivity index (χ0n) is 15.9. The number of methoxy groups -OCH3 is 1. The van der Waals surface area contributed by atoms with Gasteiger partial charge in [-0.25, -0.2) is 9.97 Å². The fourth-order valence-electron chi connectivity index (χ4n) is 3.50. The molecule has 0 aliphatic carbocycles. The monoisotopic (exact) mass is 381 g/mol. The molecular weight excluding hydrogens is 362 g/mol. The Kier molecular flexibility index (Phi) is 4.29. The highest BCUT2D eigenvalue weighted by atomic mass is 16.5. The SMILES string of the molecule is COc1ccc(CNc2ncc(-c3cccc4ncccc34)n3ccnc23)cc1. The minimum absolute atomic E-state index is 0.650. The summed E-state index contributed by atoms with van der Waals surface area (Å²) < 4.78 is 7.28. The number of aromatic nitrogens is 4. The Morgan fingerprint density at radius 3 is 2.69 bits per heavy atom. The van der Waals surface area contributed by atoms with Crippen LogP contribution in [0.15, 0.2) is 79.4 Å². The highest BCUT2D eigenvalue weighted by Crippen LogP contribution is 2.29. The molecule has 6 nitrogen and oxygen atoms in total. The van der Waals surface area contributed by atoms with Gasteiger partial charge in [0.25, 0.3) is 0 Å². The van der Waals surface area contributed by atoms with Crippen LogP contribution in [0.2, 0.25) is 0 Å². The van der Waals surface area contributed by atoms with E-state index in [1.54, 1.807) is 13.3 Å². The molecule has 0 aliphatic heterocycles. The summed E-state index contributed by atoms with van der Waals surface area (Å²) in [4.78, 5) is 13.7. The molecule has 0 amide bonds. The summed E-state index contributed by atoms with van der Waals surface area (Å²) in [6.45, 7) is 0.650. The Hall–Kier alpha value is -3.93. The second-order valence-corrected chi connectivity index (χ2v) is 6.69. The maximum atomic E-state index is 5.21. The number of nitrogens with zero attached hydrogens (tertiary/aromatic N) is 4. The topological polar surface area (TPSA) is 64.3 Å². The van der Waals surface area contributed by atoms with Gasteiger partial charge in [0.05, 0.1) is 24.5 Å². The van der Waals surface area contributed by atoms with Crippen molar-refractivity contribution in [1.29, 1.82) is 0 Å². The molecule has 5 rings (SSSR count). The standard InChI is InChI=1S/C23H19N5O/c1-29-17-9-7-16(8-10-17)14-26-22-23-25-12-13-28(23)21(15-27-22)19-4-2-6-20-18(19)5-3-11-24-20/h2-13,15H,14H2,1H3,(H,26,27). The first kappa shape index (κ1) is 17.2. The molecule has 0 atom stereocenters. The highest BCUT2D eigenvalue weighted by molar-refractivity contribution is 5.94. The van der Waals surface area contributed by atoms with Gasteiger partial charge in [0.1, 0.15) is 5.75 Å². The van der Waals surface area contributed by atoms with E-state index in [0.717, 1.165) is 44.9 Å². The molecule has 0 radical (unpaired) electrons. The summed E-state index contributed by atoms with van der Waals surface area (Å²) in [5, 5.41) is 4.48. The van der Waals surface area contributed by atoms with Crippen LogP contribution in [0.3, 0.4) is 0 Å². The minimum atomic E-state index is 0.650. The lowest BCUT2D eigenvalue weighted by Crippen LogP contribution is -2.05. The largest absolute Gasteiger partial charge is 0.497 e. The molecule has 5 aromatic rings. The minimum Gasteiger partial charge on any atom is -0.497 e. The van der Waals surface area contributed by atoms with Gasteiger partial charge in [-0.15, -0.1) is 0 Å². The molecule has 29 heavy (non-hydrogen) atoms. The van der Waals surface area contributed by atoms with Crippen LogP contribution in [0.25, 0.3) is 27.8 Å². The zero-order valence-corrected chi connectivity index (χ0v) is 15.9. The molecule has 3 aromatic heterocycles. The van der Waals surface area contributed by atoms with Crippen LogP contribution in [0, 0.1) is 0 Å². The molecule has 0 unspecified atom stereocenters. The lowest BCUT2D eigenvalue weighted by atomic mass is 10.1. The summed E-state index contributed by atoms with van der Waals surface area (Å²) in [6, 6.07) is 18.1. The van der Waals surface area contributed by atoms with Gasteiger partial charge < -0.3 is 10.1 Å². The molecule has 0 fully saturated rings. The average Bonchev–Trinajstić information content (AvgIpc) is 3.28. The van der Waals surface area contributed by atoms with E-state index in [-0.39, 0.29) is 0 Å². The van der Waals surface area contributed by atoms with Gasteiger partial charge in [-0.05, 0) is 29.8 Å². The van der Waals surface area contributed by atoms with Gasteiger partial charge >= 0.3 is 0 Å². The van der Waals surface area contributed by atoms with Gasteiger partial charge in [0.2, 0.25) is 0 Å². The van der Waals surface area contributed by atoms with Crippen molar-refractivity contribution in [2.24, 2.45) is 0 Å². The second kappa shape index (κ2) is 7.24. The fourth-order valence-corrected chi connectivity index (χ4v) is 3.50. The number of fused-ring (bicyclic) bond motifs is 2. The summed E-state index contributed by atoms with van der Waals surface area (Å²) in [7, 11) is 1.67. The fraction of sp³-hybridized carbons (Fsp3) is 0.0870. The van der Waals surface area contributed by atoms with E-state index in [9.17, 15) is 0 Å². The Balaban J connectivity index is 1.51. The lowest BCUT2D eigenvalue weighted by Gasteiger charge is -2.12. The summed E-state index contributed by atoms with van der Waals surface area (Å²) in [5.41, 5.74) is 4.94. The smallest absolute Gasteiger partial charge is 0.180 e. The maximum Gasteiger partial charge on any atom is 0.180 e. The van der Waals surface area contributed by atoms with Gasteiger partial charge in [-0.3, -0.25) is 9.38 Å². The molecule has 0 aliphatic rings. The number of ether oxygens (including phenoxy) is 1. The number of imidazole rings is 1. The summed E-state index contributed by atoms with van der Waals surface area (Å²) in [6.07, 6.45) is 7.44. The quantitative estimate of drug-likeness (QED) is 0.483. The number of hydrogen-bond acceptors (Lipinski definition) is 5. The van der Waals surface area contributed by atoms with Gasteiger partial charge in [-0.1, -0.05) is 30.3 Å². The van der Waals surface area contributed by atoms with Crippen molar-refractivity contribution in [1.82, 2.24) is 19.4 Å². The van der Waals surface area contributed by atoms with Crippen molar-refractivity contribution >= 4 is 22.4 Å². The van der Waals surface area contributed by atoms with Crippen LogP contribution in [-0.2, 0) is 6.54 Å². The van der Waals surface area contributed by atoms with Crippen LogP contribution in [0.1, 0.15) is 5.56 Å². The van der Waals surface area contributed by atoms with Crippen molar-refractivity contribution in [2.75, 3.05) is 12.4 Å². The number of anilines is 1. The first-order valence-corrected chi connectivity index (χ1v) is 9.36. The van der Waals surface area contributed by atoms with Crippen LogP contribution in [-0.4, -0.2) is 26.5 Å². The molecule has 1 N–H and O–H groups in total. The number of rotatable bonds is 5. The molecular formula is C23H19N5O. The van der Waals surface area contributed by atoms with Crippen LogP contribution in [0.4, 0.5) is 5.82 Å². The number of benzene rings is 2. The van der Waals surface area contributed by atoms with E-state index in [4.69, 9.17) is 4.74 Å². The number of hydrogen-bond donors (Lipinski definition) is 1. The molecule has 0 saturated heterocycles. The first-order chi connectivity index (χ1) is 14.3. The van der Waals surface area contributed by atoms with Crippen molar-refractivity contribution in [3.8, 4) is 17.0 Å². The number of nitrogens with one attached hydrogen (secondary N) is 1. The average molecular weight is 381 g/mol. The molecule has 3 heterocycles. The lowest BCUT2D eigenvalue weighted by molar-refractivity contribution is 0.414. The maximum absolute atomic E-state index is 5.21. The third-order valence-electron chi connectivity index (χ3n) is 4.97. The van der Waals surface area contributed by atoms with Crippen molar-refractivity contribution in [3.05, 3.63) is 84.9 Å². The van der Waals surface area contributed by atoms with E-state index in [1.165, 1.54) is 0 Å². The molecule has 142 valence electrons. The van der Waals surface area contributed by atoms with E-state index in [0.29, 0.717) is 6.54 Å². The summed E-state index contributed by atoms with van der Waals surface area (Å²) in [5.74, 6) is 1.59. The molecule has 6 heteroatoms. The van der Waals surface area contributed by atoms with Gasteiger partial charge in [-0.2, -0.15) is 0 Å². The normalized spacial score (nSPS) is 11.1. The molecule has 0 saturated carbocycles. The predicted molar refractivity (Wildman–Crippen MR) is 114 cm³/mol. The van der Waals surface area contributed by atoms with E-state index in [1.807, 2.05) is 61.1 Å². The van der Waals surface area contributed by atoms with E-state index < -0.39 is 0 Å². The van der Waals surface area contributed by atoms with Crippen LogP contribution >= 0.6 is 0 Å². The second-order valence-electron chi connectivity index (χ2n) is 6.69. The third kappa shape index (κ3) is 3.14. The Labute approximate surface area is 167 Å².